The van der Waals surface area contributed by atoms with Gasteiger partial charge in [-0.1, -0.05) is 18.3 Å². The van der Waals surface area contributed by atoms with Crippen LogP contribution >= 0.6 is 11.3 Å². The molecular formula is C15H15F3N4O3S2. The zero-order valence-electron chi connectivity index (χ0n) is 14.3. The summed E-state index contributed by atoms with van der Waals surface area (Å²) in [7, 11) is -2.55. The summed E-state index contributed by atoms with van der Waals surface area (Å²) in [6.07, 6.45) is -1.41. The third kappa shape index (κ3) is 4.10. The van der Waals surface area contributed by atoms with E-state index in [0.29, 0.717) is 0 Å². The van der Waals surface area contributed by atoms with Crippen molar-refractivity contribution in [2.24, 2.45) is 12.0 Å². The van der Waals surface area contributed by atoms with E-state index in [2.05, 4.69) is 15.1 Å². The molecule has 2 heterocycles. The Bertz CT molecular complexity index is 1070. The van der Waals surface area contributed by atoms with Crippen LogP contribution in [0.3, 0.4) is 0 Å². The fourth-order valence-corrected chi connectivity index (χ4v) is 4.17. The molecule has 27 heavy (non-hydrogen) atoms. The lowest BCUT2D eigenvalue weighted by atomic mass is 10.2. The summed E-state index contributed by atoms with van der Waals surface area (Å²) in [6.45, 7) is 1.43. The number of aryl methyl sites for hydroxylation is 1. The van der Waals surface area contributed by atoms with Crippen LogP contribution in [0.15, 0.2) is 22.2 Å². The summed E-state index contributed by atoms with van der Waals surface area (Å²) in [5.41, 5.74) is 0.324. The molecule has 0 N–H and O–H groups in total. The molecule has 1 fully saturated rings. The SMILES string of the molecule is CCS(=O)(=O)c1cc(C2CC2)cnc1C(=O)N=c1sc(C(F)(F)F)nn1C. The van der Waals surface area contributed by atoms with Gasteiger partial charge in [-0.2, -0.15) is 23.3 Å². The molecule has 0 bridgehead atoms. The van der Waals surface area contributed by atoms with Crippen LogP contribution < -0.4 is 4.80 Å². The van der Waals surface area contributed by atoms with Crippen molar-refractivity contribution in [3.05, 3.63) is 33.3 Å². The highest BCUT2D eigenvalue weighted by Gasteiger charge is 2.35. The monoisotopic (exact) mass is 420 g/mol. The number of alkyl halides is 3. The molecule has 7 nitrogen and oxygen atoms in total. The Kier molecular flexibility index (Phi) is 4.97. The fourth-order valence-electron chi connectivity index (χ4n) is 2.35. The van der Waals surface area contributed by atoms with Gasteiger partial charge in [-0.15, -0.1) is 0 Å². The van der Waals surface area contributed by atoms with Gasteiger partial charge in [-0.3, -0.25) is 4.79 Å². The summed E-state index contributed by atoms with van der Waals surface area (Å²) in [4.78, 5) is 19.5. The van der Waals surface area contributed by atoms with Gasteiger partial charge in [0.2, 0.25) is 9.81 Å². The van der Waals surface area contributed by atoms with Crippen LogP contribution in [0.1, 0.15) is 46.7 Å². The molecule has 1 amide bonds. The Morgan fingerprint density at radius 1 is 1.41 bits per heavy atom. The van der Waals surface area contributed by atoms with Crippen molar-refractivity contribution in [1.29, 1.82) is 0 Å². The van der Waals surface area contributed by atoms with Gasteiger partial charge in [-0.05, 0) is 30.4 Å². The maximum Gasteiger partial charge on any atom is 0.445 e. The van der Waals surface area contributed by atoms with Crippen molar-refractivity contribution in [1.82, 2.24) is 14.8 Å². The minimum Gasteiger partial charge on any atom is -0.265 e. The number of hydrogen-bond donors (Lipinski definition) is 0. The lowest BCUT2D eigenvalue weighted by molar-refractivity contribution is -0.138. The van der Waals surface area contributed by atoms with Crippen LogP contribution in [0.25, 0.3) is 0 Å². The summed E-state index contributed by atoms with van der Waals surface area (Å²) in [5, 5.41) is 2.13. The van der Waals surface area contributed by atoms with Crippen LogP contribution in [0.4, 0.5) is 13.2 Å². The predicted molar refractivity (Wildman–Crippen MR) is 89.9 cm³/mol. The quantitative estimate of drug-likeness (QED) is 0.757. The van der Waals surface area contributed by atoms with Gasteiger partial charge < -0.3 is 0 Å². The largest absolute Gasteiger partial charge is 0.445 e. The number of rotatable bonds is 4. The molecule has 0 atom stereocenters. The van der Waals surface area contributed by atoms with E-state index in [-0.39, 0.29) is 32.7 Å². The summed E-state index contributed by atoms with van der Waals surface area (Å²) >= 11 is 0.189. The second kappa shape index (κ2) is 6.82. The van der Waals surface area contributed by atoms with Crippen LogP contribution in [0.2, 0.25) is 0 Å². The van der Waals surface area contributed by atoms with Gasteiger partial charge >= 0.3 is 6.18 Å². The highest BCUT2D eigenvalue weighted by atomic mass is 32.2. The molecule has 1 saturated carbocycles. The molecule has 0 unspecified atom stereocenters. The van der Waals surface area contributed by atoms with Crippen molar-refractivity contribution in [3.63, 3.8) is 0 Å². The molecule has 0 aromatic carbocycles. The maximum atomic E-state index is 12.8. The Morgan fingerprint density at radius 2 is 2.07 bits per heavy atom. The van der Waals surface area contributed by atoms with E-state index in [1.165, 1.54) is 26.2 Å². The Hall–Kier alpha value is -2.08. The second-order valence-corrected chi connectivity index (χ2v) is 9.22. The molecule has 0 radical (unpaired) electrons. The van der Waals surface area contributed by atoms with E-state index in [4.69, 9.17) is 0 Å². The van der Waals surface area contributed by atoms with Gasteiger partial charge in [0.1, 0.15) is 5.69 Å². The molecule has 12 heteroatoms. The van der Waals surface area contributed by atoms with E-state index < -0.39 is 32.6 Å². The smallest absolute Gasteiger partial charge is 0.265 e. The number of amides is 1. The fraction of sp³-hybridized carbons (Fsp3) is 0.467. The molecule has 2 aromatic heterocycles. The molecule has 146 valence electrons. The molecule has 2 aromatic rings. The highest BCUT2D eigenvalue weighted by molar-refractivity contribution is 7.91. The number of carbonyl (C=O) groups is 1. The standard InChI is InChI=1S/C15H15F3N4O3S2/c1-3-27(24,25)10-6-9(8-4-5-8)7-19-11(10)12(23)20-14-22(2)21-13(26-14)15(16,17)18/h6-8H,3-5H2,1-2H3. The number of aromatic nitrogens is 3. The summed E-state index contributed by atoms with van der Waals surface area (Å²) in [6, 6.07) is 1.42. The first-order chi connectivity index (χ1) is 12.5. The van der Waals surface area contributed by atoms with Crippen molar-refractivity contribution in [2.75, 3.05) is 5.75 Å². The van der Waals surface area contributed by atoms with E-state index in [9.17, 15) is 26.4 Å². The molecule has 1 aliphatic carbocycles. The van der Waals surface area contributed by atoms with Gasteiger partial charge in [0, 0.05) is 13.2 Å². The first-order valence-corrected chi connectivity index (χ1v) is 10.4. The maximum absolute atomic E-state index is 12.8. The zero-order chi connectivity index (χ0) is 20.0. The van der Waals surface area contributed by atoms with Crippen molar-refractivity contribution in [2.45, 2.75) is 36.8 Å². The van der Waals surface area contributed by atoms with Crippen molar-refractivity contribution >= 4 is 27.1 Å². The Labute approximate surface area is 156 Å². The molecule has 1 aliphatic rings. The first-order valence-electron chi connectivity index (χ1n) is 7.96. The minimum absolute atomic E-state index is 0.189. The van der Waals surface area contributed by atoms with Gasteiger partial charge in [0.05, 0.1) is 10.6 Å². The molecule has 0 saturated heterocycles. The zero-order valence-corrected chi connectivity index (χ0v) is 16.0. The average Bonchev–Trinajstić information content (AvgIpc) is 3.38. The van der Waals surface area contributed by atoms with Crippen LogP contribution in [0.5, 0.6) is 0 Å². The Balaban J connectivity index is 2.08. The first kappa shape index (κ1) is 19.7. The third-order valence-electron chi connectivity index (χ3n) is 3.99. The number of nitrogens with zero attached hydrogens (tertiary/aromatic N) is 4. The normalized spacial score (nSPS) is 16.0. The van der Waals surface area contributed by atoms with E-state index >= 15 is 0 Å². The average molecular weight is 420 g/mol. The number of halogens is 3. The number of hydrogen-bond acceptors (Lipinski definition) is 6. The van der Waals surface area contributed by atoms with Crippen LogP contribution in [-0.2, 0) is 23.1 Å². The van der Waals surface area contributed by atoms with Crippen LogP contribution in [0, 0.1) is 0 Å². The minimum atomic E-state index is -4.67. The number of carbonyl (C=O) groups excluding carboxylic acids is 1. The van der Waals surface area contributed by atoms with Gasteiger partial charge in [0.25, 0.3) is 5.91 Å². The van der Waals surface area contributed by atoms with Crippen molar-refractivity contribution in [3.8, 4) is 0 Å². The van der Waals surface area contributed by atoms with E-state index in [0.717, 1.165) is 23.1 Å². The van der Waals surface area contributed by atoms with E-state index in [1.807, 2.05) is 0 Å². The lowest BCUT2D eigenvalue weighted by Gasteiger charge is -2.08. The third-order valence-corrected chi connectivity index (χ3v) is 6.77. The van der Waals surface area contributed by atoms with Gasteiger partial charge in [0.15, 0.2) is 9.84 Å². The van der Waals surface area contributed by atoms with E-state index in [1.54, 1.807) is 0 Å². The molecular weight excluding hydrogens is 405 g/mol. The summed E-state index contributed by atoms with van der Waals surface area (Å²) < 4.78 is 63.8. The van der Waals surface area contributed by atoms with Crippen LogP contribution in [-0.4, -0.2) is 34.8 Å². The van der Waals surface area contributed by atoms with Crippen molar-refractivity contribution < 1.29 is 26.4 Å². The molecule has 0 spiro atoms. The number of sulfone groups is 1. The molecule has 3 rings (SSSR count). The topological polar surface area (TPSA) is 94.3 Å². The second-order valence-electron chi connectivity index (χ2n) is 6.02. The summed E-state index contributed by atoms with van der Waals surface area (Å²) in [5.74, 6) is -1.05. The highest BCUT2D eigenvalue weighted by Crippen LogP contribution is 2.40. The predicted octanol–water partition coefficient (Wildman–Crippen LogP) is 2.31. The molecule has 0 aliphatic heterocycles. The lowest BCUT2D eigenvalue weighted by Crippen LogP contribution is -2.18. The van der Waals surface area contributed by atoms with Gasteiger partial charge in [-0.25, -0.2) is 18.1 Å². The Morgan fingerprint density at radius 3 is 2.59 bits per heavy atom. The number of pyridine rings is 1.